The van der Waals surface area contributed by atoms with Crippen molar-refractivity contribution in [1.29, 1.82) is 0 Å². The Morgan fingerprint density at radius 3 is 2.50 bits per heavy atom. The van der Waals surface area contributed by atoms with E-state index in [-0.39, 0.29) is 0 Å². The van der Waals surface area contributed by atoms with E-state index in [1.165, 1.54) is 10.6 Å². The van der Waals surface area contributed by atoms with Crippen LogP contribution in [0, 0.1) is 0 Å². The lowest BCUT2D eigenvalue weighted by molar-refractivity contribution is 0.168. The summed E-state index contributed by atoms with van der Waals surface area (Å²) in [6, 6.07) is 9.56. The highest BCUT2D eigenvalue weighted by molar-refractivity contribution is 7.88. The number of aliphatic hydroxyl groups excluding tert-OH is 1. The fourth-order valence-corrected chi connectivity index (χ4v) is 3.44. The lowest BCUT2D eigenvalue weighted by Gasteiger charge is -2.17. The molecule has 0 amide bonds. The quantitative estimate of drug-likeness (QED) is 0.304. The topological polar surface area (TPSA) is 94.0 Å². The fraction of sp³-hybridized carbons (Fsp3) is 0.611. The van der Waals surface area contributed by atoms with E-state index in [0.717, 1.165) is 12.1 Å². The van der Waals surface area contributed by atoms with Gasteiger partial charge in [-0.2, -0.15) is 0 Å². The van der Waals surface area contributed by atoms with E-state index in [9.17, 15) is 13.5 Å². The molecule has 148 valence electrons. The van der Waals surface area contributed by atoms with Crippen LogP contribution in [0.25, 0.3) is 0 Å². The smallest absolute Gasteiger partial charge is 0.211 e. The van der Waals surface area contributed by atoms with Crippen LogP contribution >= 0.6 is 0 Å². The minimum absolute atomic E-state index is 0.463. The molecule has 3 N–H and O–H groups in total. The number of aliphatic imine (C=N–C) groups is 1. The van der Waals surface area contributed by atoms with E-state index in [0.29, 0.717) is 45.0 Å². The predicted octanol–water partition coefficient (Wildman–Crippen LogP) is 1.34. The zero-order valence-corrected chi connectivity index (χ0v) is 16.8. The molecular weight excluding hydrogens is 352 g/mol. The molecule has 0 fully saturated rings. The van der Waals surface area contributed by atoms with Gasteiger partial charge in [0.2, 0.25) is 10.0 Å². The Labute approximate surface area is 157 Å². The summed E-state index contributed by atoms with van der Waals surface area (Å²) in [5.41, 5.74) is 0.900. The van der Waals surface area contributed by atoms with Gasteiger partial charge >= 0.3 is 0 Å². The molecule has 1 unspecified atom stereocenters. The van der Waals surface area contributed by atoms with Crippen LogP contribution in [0.15, 0.2) is 35.3 Å². The first-order valence-electron chi connectivity index (χ1n) is 9.08. The molecule has 0 spiro atoms. The van der Waals surface area contributed by atoms with Crippen molar-refractivity contribution in [3.8, 4) is 0 Å². The van der Waals surface area contributed by atoms with E-state index < -0.39 is 16.1 Å². The summed E-state index contributed by atoms with van der Waals surface area (Å²) in [6.45, 7) is 6.60. The maximum Gasteiger partial charge on any atom is 0.211 e. The average Bonchev–Trinajstić information content (AvgIpc) is 2.61. The number of nitrogens with one attached hydrogen (secondary N) is 2. The molecule has 0 aromatic heterocycles. The van der Waals surface area contributed by atoms with Crippen molar-refractivity contribution in [3.05, 3.63) is 35.9 Å². The molecule has 0 aliphatic carbocycles. The van der Waals surface area contributed by atoms with Crippen molar-refractivity contribution in [1.82, 2.24) is 14.9 Å². The maximum absolute atomic E-state index is 11.6. The number of hydrogen-bond donors (Lipinski definition) is 3. The van der Waals surface area contributed by atoms with Gasteiger partial charge in [0.05, 0.1) is 12.4 Å². The Kier molecular flexibility index (Phi) is 10.2. The van der Waals surface area contributed by atoms with Gasteiger partial charge in [-0.3, -0.25) is 4.99 Å². The lowest BCUT2D eigenvalue weighted by atomic mass is 10.1. The number of sulfonamides is 1. The molecule has 0 saturated heterocycles. The highest BCUT2D eigenvalue weighted by Gasteiger charge is 2.13. The second-order valence-corrected chi connectivity index (χ2v) is 7.99. The molecule has 1 aromatic rings. The lowest BCUT2D eigenvalue weighted by Crippen LogP contribution is -2.38. The van der Waals surface area contributed by atoms with Gasteiger partial charge in [-0.15, -0.1) is 0 Å². The minimum Gasteiger partial charge on any atom is -0.388 e. The first-order chi connectivity index (χ1) is 12.4. The van der Waals surface area contributed by atoms with Gasteiger partial charge in [-0.25, -0.2) is 12.7 Å². The van der Waals surface area contributed by atoms with Crippen LogP contribution in [-0.4, -0.2) is 62.8 Å². The molecular formula is C18H32N4O3S. The van der Waals surface area contributed by atoms with Gasteiger partial charge in [0.15, 0.2) is 5.96 Å². The van der Waals surface area contributed by atoms with Gasteiger partial charge in [-0.1, -0.05) is 37.3 Å². The zero-order valence-electron chi connectivity index (χ0n) is 16.0. The van der Waals surface area contributed by atoms with E-state index in [1.54, 1.807) is 0 Å². The van der Waals surface area contributed by atoms with Crippen molar-refractivity contribution in [2.45, 2.75) is 32.8 Å². The van der Waals surface area contributed by atoms with Crippen LogP contribution in [0.1, 0.15) is 38.4 Å². The molecule has 1 atom stereocenters. The van der Waals surface area contributed by atoms with Gasteiger partial charge in [0, 0.05) is 32.7 Å². The van der Waals surface area contributed by atoms with Crippen LogP contribution in [0.3, 0.4) is 0 Å². The summed E-state index contributed by atoms with van der Waals surface area (Å²) in [5, 5.41) is 16.5. The van der Waals surface area contributed by atoms with Crippen LogP contribution in [-0.2, 0) is 10.0 Å². The predicted molar refractivity (Wildman–Crippen MR) is 107 cm³/mol. The van der Waals surface area contributed by atoms with Gasteiger partial charge < -0.3 is 15.7 Å². The molecule has 8 heteroatoms. The monoisotopic (exact) mass is 384 g/mol. The minimum atomic E-state index is -3.15. The van der Waals surface area contributed by atoms with Crippen LogP contribution < -0.4 is 10.6 Å². The summed E-state index contributed by atoms with van der Waals surface area (Å²) < 4.78 is 24.6. The molecule has 0 saturated carbocycles. The molecule has 1 aromatic carbocycles. The van der Waals surface area contributed by atoms with Crippen molar-refractivity contribution in [2.75, 3.05) is 39.0 Å². The Morgan fingerprint density at radius 2 is 1.92 bits per heavy atom. The number of aliphatic hydroxyl groups is 1. The molecule has 0 radical (unpaired) electrons. The van der Waals surface area contributed by atoms with Crippen molar-refractivity contribution < 1.29 is 13.5 Å². The summed E-state index contributed by atoms with van der Waals surface area (Å²) in [5.74, 6) is 0.676. The number of benzene rings is 1. The van der Waals surface area contributed by atoms with Gasteiger partial charge in [-0.05, 0) is 25.3 Å². The van der Waals surface area contributed by atoms with Crippen LogP contribution in [0.4, 0.5) is 0 Å². The standard InChI is InChI=1S/C18H32N4O3S/c1-4-19-18(20-13-9-15-22(5-2)26(3,24)25)21-14-12-17(23)16-10-7-6-8-11-16/h6-8,10-11,17,23H,4-5,9,12-15H2,1-3H3,(H2,19,20,21). The van der Waals surface area contributed by atoms with Crippen LogP contribution in [0.2, 0.25) is 0 Å². The molecule has 0 aliphatic heterocycles. The summed E-state index contributed by atoms with van der Waals surface area (Å²) in [6.07, 6.45) is 1.94. The number of nitrogens with zero attached hydrogens (tertiary/aromatic N) is 2. The first-order valence-corrected chi connectivity index (χ1v) is 10.9. The number of guanidine groups is 1. The van der Waals surface area contributed by atoms with Crippen molar-refractivity contribution in [2.24, 2.45) is 4.99 Å². The normalized spacial score (nSPS) is 13.7. The maximum atomic E-state index is 11.6. The fourth-order valence-electron chi connectivity index (χ4n) is 2.51. The molecule has 7 nitrogen and oxygen atoms in total. The van der Waals surface area contributed by atoms with E-state index in [1.807, 2.05) is 44.2 Å². The Hall–Kier alpha value is -1.64. The largest absolute Gasteiger partial charge is 0.388 e. The molecule has 26 heavy (non-hydrogen) atoms. The van der Waals surface area contributed by atoms with E-state index in [4.69, 9.17) is 0 Å². The Morgan fingerprint density at radius 1 is 1.23 bits per heavy atom. The van der Waals surface area contributed by atoms with E-state index >= 15 is 0 Å². The number of hydrogen-bond acceptors (Lipinski definition) is 4. The first kappa shape index (κ1) is 22.4. The van der Waals surface area contributed by atoms with Gasteiger partial charge in [0.25, 0.3) is 0 Å². The summed E-state index contributed by atoms with van der Waals surface area (Å²) in [4.78, 5) is 4.46. The molecule has 0 aliphatic rings. The van der Waals surface area contributed by atoms with Crippen LogP contribution in [0.5, 0.6) is 0 Å². The van der Waals surface area contributed by atoms with Crippen molar-refractivity contribution >= 4 is 16.0 Å². The highest BCUT2D eigenvalue weighted by Crippen LogP contribution is 2.14. The SMILES string of the molecule is CCNC(=NCCCN(CC)S(C)(=O)=O)NCCC(O)c1ccccc1. The molecule has 0 heterocycles. The average molecular weight is 385 g/mol. The second-order valence-electron chi connectivity index (χ2n) is 6.01. The number of rotatable bonds is 11. The second kappa shape index (κ2) is 11.9. The summed E-state index contributed by atoms with van der Waals surface area (Å²) >= 11 is 0. The summed E-state index contributed by atoms with van der Waals surface area (Å²) in [7, 11) is -3.15. The van der Waals surface area contributed by atoms with Gasteiger partial charge in [0.1, 0.15) is 0 Å². The molecule has 1 rings (SSSR count). The third-order valence-electron chi connectivity index (χ3n) is 3.90. The highest BCUT2D eigenvalue weighted by atomic mass is 32.2. The third-order valence-corrected chi connectivity index (χ3v) is 5.27. The third kappa shape index (κ3) is 8.64. The Bertz CT molecular complexity index is 635. The molecule has 0 bridgehead atoms. The Balaban J connectivity index is 2.41. The zero-order chi connectivity index (χ0) is 19.4. The van der Waals surface area contributed by atoms with E-state index in [2.05, 4.69) is 15.6 Å². The van der Waals surface area contributed by atoms with Crippen molar-refractivity contribution in [3.63, 3.8) is 0 Å².